The zero-order valence-corrected chi connectivity index (χ0v) is 14.9. The minimum absolute atomic E-state index is 0.199. The number of hydrogen-bond donors (Lipinski definition) is 1. The van der Waals surface area contributed by atoms with Gasteiger partial charge in [0.15, 0.2) is 0 Å². The minimum atomic E-state index is 0.199. The van der Waals surface area contributed by atoms with Crippen LogP contribution >= 0.6 is 0 Å². The van der Waals surface area contributed by atoms with Crippen LogP contribution in [0.5, 0.6) is 0 Å². The molecule has 1 N–H and O–H groups in total. The van der Waals surface area contributed by atoms with E-state index in [-0.39, 0.29) is 17.7 Å². The van der Waals surface area contributed by atoms with E-state index in [9.17, 15) is 5.11 Å². The van der Waals surface area contributed by atoms with Crippen molar-refractivity contribution < 1.29 is 5.11 Å². The fourth-order valence-corrected chi connectivity index (χ4v) is 4.35. The molecule has 2 atom stereocenters. The maximum absolute atomic E-state index is 9.36. The third-order valence-electron chi connectivity index (χ3n) is 6.56. The zero-order chi connectivity index (χ0) is 15.8. The molecule has 2 rings (SSSR count). The minimum Gasteiger partial charge on any atom is -0.395 e. The highest BCUT2D eigenvalue weighted by atomic mass is 16.3. The second-order valence-corrected chi connectivity index (χ2v) is 7.74. The van der Waals surface area contributed by atoms with Crippen molar-refractivity contribution in [2.45, 2.75) is 65.5 Å². The topological polar surface area (TPSA) is 26.7 Å². The molecular weight excluding hydrogens is 260 g/mol. The van der Waals surface area contributed by atoms with Gasteiger partial charge in [-0.05, 0) is 59.5 Å². The van der Waals surface area contributed by atoms with E-state index >= 15 is 0 Å². The Balaban J connectivity index is 2.22. The predicted molar refractivity (Wildman–Crippen MR) is 89.5 cm³/mol. The lowest BCUT2D eigenvalue weighted by Gasteiger charge is -2.39. The normalized spacial score (nSPS) is 34.1. The number of β-amino-alcohol motifs (C(OH)–C–C–N with tert-alkyl or cyclic N) is 1. The first-order chi connectivity index (χ1) is 9.77. The molecule has 0 radical (unpaired) electrons. The lowest BCUT2D eigenvalue weighted by molar-refractivity contribution is 0.0979. The van der Waals surface area contributed by atoms with Gasteiger partial charge >= 0.3 is 0 Å². The van der Waals surface area contributed by atoms with Crippen LogP contribution in [0, 0.1) is 5.92 Å². The molecule has 0 spiro atoms. The summed E-state index contributed by atoms with van der Waals surface area (Å²) < 4.78 is 0. The summed E-state index contributed by atoms with van der Waals surface area (Å²) in [4.78, 5) is 5.09. The lowest BCUT2D eigenvalue weighted by atomic mass is 9.80. The van der Waals surface area contributed by atoms with Crippen LogP contribution in [0.15, 0.2) is 11.1 Å². The molecule has 0 aromatic rings. The van der Waals surface area contributed by atoms with E-state index in [0.29, 0.717) is 5.92 Å². The van der Waals surface area contributed by atoms with Crippen molar-refractivity contribution in [3.63, 3.8) is 0 Å². The molecule has 0 saturated carbocycles. The van der Waals surface area contributed by atoms with Gasteiger partial charge in [-0.3, -0.25) is 9.80 Å². The van der Waals surface area contributed by atoms with Crippen molar-refractivity contribution >= 4 is 0 Å². The molecule has 0 bridgehead atoms. The Kier molecular flexibility index (Phi) is 4.87. The van der Waals surface area contributed by atoms with Crippen LogP contribution in [0.25, 0.3) is 0 Å². The fraction of sp³-hybridized carbons (Fsp3) is 0.889. The second kappa shape index (κ2) is 6.02. The van der Waals surface area contributed by atoms with Crippen molar-refractivity contribution in [2.24, 2.45) is 5.92 Å². The average Bonchev–Trinajstić information content (AvgIpc) is 2.81. The largest absolute Gasteiger partial charge is 0.395 e. The van der Waals surface area contributed by atoms with E-state index in [1.165, 1.54) is 6.42 Å². The summed E-state index contributed by atoms with van der Waals surface area (Å²) in [6.45, 7) is 18.5. The van der Waals surface area contributed by atoms with Crippen molar-refractivity contribution in [1.82, 2.24) is 9.80 Å². The molecule has 2 aliphatic rings. The molecule has 21 heavy (non-hydrogen) atoms. The third-order valence-corrected chi connectivity index (χ3v) is 6.56. The summed E-state index contributed by atoms with van der Waals surface area (Å²) in [5.74, 6) is 0.697. The Morgan fingerprint density at radius 1 is 1.24 bits per heavy atom. The Bertz CT molecular complexity index is 413. The first kappa shape index (κ1) is 17.0. The van der Waals surface area contributed by atoms with Crippen molar-refractivity contribution in [3.05, 3.63) is 11.1 Å². The third kappa shape index (κ3) is 2.80. The molecule has 0 amide bonds. The Morgan fingerprint density at radius 3 is 2.43 bits per heavy atom. The van der Waals surface area contributed by atoms with Gasteiger partial charge in [-0.25, -0.2) is 0 Å². The van der Waals surface area contributed by atoms with Crippen LogP contribution in [-0.2, 0) is 0 Å². The molecule has 2 aliphatic heterocycles. The number of likely N-dealkylation sites (tertiary alicyclic amines) is 1. The fourth-order valence-electron chi connectivity index (χ4n) is 4.35. The van der Waals surface area contributed by atoms with Gasteiger partial charge in [0, 0.05) is 24.2 Å². The summed E-state index contributed by atoms with van der Waals surface area (Å²) in [5, 5.41) is 9.36. The molecule has 122 valence electrons. The van der Waals surface area contributed by atoms with Gasteiger partial charge in [-0.1, -0.05) is 25.0 Å². The van der Waals surface area contributed by atoms with Gasteiger partial charge in [0.05, 0.1) is 6.61 Å². The van der Waals surface area contributed by atoms with Crippen molar-refractivity contribution in [3.8, 4) is 0 Å². The number of aliphatic hydroxyl groups is 1. The average molecular weight is 294 g/mol. The van der Waals surface area contributed by atoms with Gasteiger partial charge in [0.1, 0.15) is 0 Å². The van der Waals surface area contributed by atoms with Crippen molar-refractivity contribution in [1.29, 1.82) is 0 Å². The molecule has 1 saturated heterocycles. The summed E-state index contributed by atoms with van der Waals surface area (Å²) >= 11 is 0. The van der Waals surface area contributed by atoms with E-state index < -0.39 is 0 Å². The summed E-state index contributed by atoms with van der Waals surface area (Å²) in [5.41, 5.74) is 3.60. The number of likely N-dealkylation sites (N-methyl/N-ethyl adjacent to an activating group) is 1. The summed E-state index contributed by atoms with van der Waals surface area (Å²) in [7, 11) is 0. The standard InChI is InChI=1S/C18H34N2O/c1-7-19-13-16(15(3)17(19,4)5)12-18(6)14(2)8-9-20(18)10-11-21/h14,21H,7-13H2,1-6H3/t14-,18?/m1/s1. The van der Waals surface area contributed by atoms with Gasteiger partial charge in [0.2, 0.25) is 0 Å². The van der Waals surface area contributed by atoms with Crippen LogP contribution in [-0.4, -0.2) is 58.8 Å². The maximum Gasteiger partial charge on any atom is 0.0558 e. The molecule has 3 nitrogen and oxygen atoms in total. The molecular formula is C18H34N2O. The van der Waals surface area contributed by atoms with E-state index in [0.717, 1.165) is 32.6 Å². The highest BCUT2D eigenvalue weighted by Crippen LogP contribution is 2.43. The predicted octanol–water partition coefficient (Wildman–Crippen LogP) is 2.90. The van der Waals surface area contributed by atoms with E-state index in [1.807, 2.05) is 0 Å². The lowest BCUT2D eigenvalue weighted by Crippen LogP contribution is -2.46. The van der Waals surface area contributed by atoms with Crippen LogP contribution in [0.3, 0.4) is 0 Å². The number of rotatable bonds is 5. The molecule has 0 aliphatic carbocycles. The quantitative estimate of drug-likeness (QED) is 0.790. The smallest absolute Gasteiger partial charge is 0.0558 e. The van der Waals surface area contributed by atoms with Gasteiger partial charge in [-0.15, -0.1) is 0 Å². The van der Waals surface area contributed by atoms with Crippen LogP contribution < -0.4 is 0 Å². The Labute approximate surface area is 131 Å². The Morgan fingerprint density at radius 2 is 1.90 bits per heavy atom. The second-order valence-electron chi connectivity index (χ2n) is 7.74. The molecule has 0 aromatic carbocycles. The van der Waals surface area contributed by atoms with Crippen molar-refractivity contribution in [2.75, 3.05) is 32.8 Å². The first-order valence-corrected chi connectivity index (χ1v) is 8.57. The van der Waals surface area contributed by atoms with Crippen LogP contribution in [0.4, 0.5) is 0 Å². The highest BCUT2D eigenvalue weighted by molar-refractivity contribution is 5.32. The first-order valence-electron chi connectivity index (χ1n) is 8.57. The van der Waals surface area contributed by atoms with Gasteiger partial charge < -0.3 is 5.11 Å². The highest BCUT2D eigenvalue weighted by Gasteiger charge is 2.45. The van der Waals surface area contributed by atoms with Crippen LogP contribution in [0.2, 0.25) is 0 Å². The summed E-state index contributed by atoms with van der Waals surface area (Å²) in [6.07, 6.45) is 2.41. The maximum atomic E-state index is 9.36. The number of hydrogen-bond acceptors (Lipinski definition) is 3. The molecule has 1 fully saturated rings. The molecule has 2 heterocycles. The SMILES string of the molecule is CCN1CC(CC2(C)[C@H](C)CCN2CCO)=C(C)C1(C)C. The van der Waals surface area contributed by atoms with E-state index in [4.69, 9.17) is 0 Å². The Hall–Kier alpha value is -0.380. The number of aliphatic hydroxyl groups excluding tert-OH is 1. The monoisotopic (exact) mass is 294 g/mol. The molecule has 0 aromatic heterocycles. The van der Waals surface area contributed by atoms with Crippen LogP contribution in [0.1, 0.15) is 54.4 Å². The van der Waals surface area contributed by atoms with Gasteiger partial charge in [0.25, 0.3) is 0 Å². The zero-order valence-electron chi connectivity index (χ0n) is 14.9. The molecule has 1 unspecified atom stereocenters. The number of nitrogens with zero attached hydrogens (tertiary/aromatic N) is 2. The van der Waals surface area contributed by atoms with E-state index in [2.05, 4.69) is 51.3 Å². The van der Waals surface area contributed by atoms with E-state index in [1.54, 1.807) is 11.1 Å². The van der Waals surface area contributed by atoms with Gasteiger partial charge in [-0.2, -0.15) is 0 Å². The molecule has 3 heteroatoms. The summed E-state index contributed by atoms with van der Waals surface area (Å²) in [6, 6.07) is 0.